The van der Waals surface area contributed by atoms with Crippen LogP contribution in [0.2, 0.25) is 0 Å². The van der Waals surface area contributed by atoms with Crippen LogP contribution in [-0.4, -0.2) is 31.2 Å². The lowest BCUT2D eigenvalue weighted by atomic mass is 10.5. The van der Waals surface area contributed by atoms with E-state index >= 15 is 0 Å². The van der Waals surface area contributed by atoms with Gasteiger partial charge in [0.15, 0.2) is 5.03 Å². The Morgan fingerprint density at radius 2 is 2.30 bits per heavy atom. The molecule has 0 fully saturated rings. The summed E-state index contributed by atoms with van der Waals surface area (Å²) in [5, 5.41) is 19.3. The molecule has 0 saturated heterocycles. The summed E-state index contributed by atoms with van der Waals surface area (Å²) in [7, 11) is 1.79. The quantitative estimate of drug-likeness (QED) is 0.511. The average Bonchev–Trinajstić information content (AvgIpc) is 2.68. The van der Waals surface area contributed by atoms with Crippen molar-refractivity contribution >= 4 is 23.4 Å². The van der Waals surface area contributed by atoms with Gasteiger partial charge in [-0.05, 0) is 31.7 Å². The van der Waals surface area contributed by atoms with Crippen LogP contribution in [0.15, 0.2) is 22.3 Å². The summed E-state index contributed by atoms with van der Waals surface area (Å²) in [6.45, 7) is 4.41. The van der Waals surface area contributed by atoms with Gasteiger partial charge in [0, 0.05) is 13.6 Å². The van der Waals surface area contributed by atoms with Crippen LogP contribution in [0.25, 0.3) is 0 Å². The molecule has 106 valence electrons. The summed E-state index contributed by atoms with van der Waals surface area (Å²) < 4.78 is 1.67. The van der Waals surface area contributed by atoms with Gasteiger partial charge in [0.05, 0.1) is 10.6 Å². The third-order valence-electron chi connectivity index (χ3n) is 2.43. The number of rotatable bonds is 5. The maximum absolute atomic E-state index is 11.0. The predicted octanol–water partition coefficient (Wildman–Crippen LogP) is 2.01. The van der Waals surface area contributed by atoms with Gasteiger partial charge in [-0.3, -0.25) is 14.8 Å². The smallest absolute Gasteiger partial charge is 0.320 e. The Bertz CT molecular complexity index is 642. The van der Waals surface area contributed by atoms with Crippen molar-refractivity contribution in [2.75, 3.05) is 11.9 Å². The van der Waals surface area contributed by atoms with Crippen LogP contribution in [0.5, 0.6) is 0 Å². The first-order valence-electron chi connectivity index (χ1n) is 5.95. The Morgan fingerprint density at radius 3 is 2.85 bits per heavy atom. The van der Waals surface area contributed by atoms with Gasteiger partial charge in [-0.2, -0.15) is 10.1 Å². The van der Waals surface area contributed by atoms with Crippen LogP contribution in [0, 0.1) is 17.0 Å². The van der Waals surface area contributed by atoms with Gasteiger partial charge < -0.3 is 5.32 Å². The molecule has 0 aromatic carbocycles. The van der Waals surface area contributed by atoms with E-state index in [1.165, 1.54) is 18.0 Å². The van der Waals surface area contributed by atoms with Crippen LogP contribution in [0.4, 0.5) is 11.6 Å². The van der Waals surface area contributed by atoms with E-state index in [9.17, 15) is 10.1 Å². The summed E-state index contributed by atoms with van der Waals surface area (Å²) in [5.41, 5.74) is 0.731. The van der Waals surface area contributed by atoms with Crippen molar-refractivity contribution in [3.05, 3.63) is 28.1 Å². The number of aryl methyl sites for hydroxylation is 2. The van der Waals surface area contributed by atoms with Gasteiger partial charge in [-0.25, -0.2) is 4.98 Å². The van der Waals surface area contributed by atoms with Crippen molar-refractivity contribution in [3.8, 4) is 0 Å². The Hall–Kier alpha value is -2.16. The number of hydrogen-bond acceptors (Lipinski definition) is 7. The van der Waals surface area contributed by atoms with Crippen molar-refractivity contribution in [1.82, 2.24) is 19.7 Å². The third kappa shape index (κ3) is 3.05. The maximum atomic E-state index is 11.0. The zero-order chi connectivity index (χ0) is 14.7. The molecule has 0 atom stereocenters. The largest absolute Gasteiger partial charge is 0.354 e. The van der Waals surface area contributed by atoms with E-state index in [0.717, 1.165) is 10.7 Å². The van der Waals surface area contributed by atoms with E-state index in [1.54, 1.807) is 11.7 Å². The fourth-order valence-electron chi connectivity index (χ4n) is 1.58. The molecule has 1 N–H and O–H groups in total. The molecule has 2 heterocycles. The van der Waals surface area contributed by atoms with Crippen LogP contribution in [0.1, 0.15) is 12.6 Å². The third-order valence-corrected chi connectivity index (χ3v) is 3.51. The van der Waals surface area contributed by atoms with Crippen LogP contribution >= 0.6 is 11.8 Å². The van der Waals surface area contributed by atoms with Gasteiger partial charge in [-0.1, -0.05) is 0 Å². The highest BCUT2D eigenvalue weighted by Crippen LogP contribution is 2.33. The van der Waals surface area contributed by atoms with E-state index in [0.29, 0.717) is 17.5 Å². The predicted molar refractivity (Wildman–Crippen MR) is 74.9 cm³/mol. The summed E-state index contributed by atoms with van der Waals surface area (Å²) in [6, 6.07) is 1.85. The molecule has 9 heteroatoms. The monoisotopic (exact) mass is 294 g/mol. The second kappa shape index (κ2) is 5.87. The summed E-state index contributed by atoms with van der Waals surface area (Å²) >= 11 is 1.20. The van der Waals surface area contributed by atoms with Gasteiger partial charge in [-0.15, -0.1) is 0 Å². The molecule has 2 rings (SSSR count). The van der Waals surface area contributed by atoms with Crippen LogP contribution in [0.3, 0.4) is 0 Å². The maximum Gasteiger partial charge on any atom is 0.320 e. The molecule has 0 aliphatic rings. The molecular formula is C11H14N6O2S. The zero-order valence-electron chi connectivity index (χ0n) is 11.3. The molecule has 20 heavy (non-hydrogen) atoms. The van der Waals surface area contributed by atoms with E-state index in [-0.39, 0.29) is 5.69 Å². The molecule has 2 aromatic rings. The second-order valence-electron chi connectivity index (χ2n) is 4.02. The number of aromatic nitrogens is 4. The van der Waals surface area contributed by atoms with Gasteiger partial charge >= 0.3 is 5.69 Å². The molecule has 0 saturated carbocycles. The van der Waals surface area contributed by atoms with Crippen LogP contribution in [-0.2, 0) is 7.05 Å². The van der Waals surface area contributed by atoms with E-state index in [2.05, 4.69) is 20.4 Å². The SMILES string of the molecule is CCNc1ncc([N+](=O)[O-])c(Sc2cc(C)nn2C)n1. The average molecular weight is 294 g/mol. The van der Waals surface area contributed by atoms with E-state index in [4.69, 9.17) is 0 Å². The Balaban J connectivity index is 2.39. The van der Waals surface area contributed by atoms with Crippen molar-refractivity contribution < 1.29 is 4.92 Å². The molecule has 0 spiro atoms. The lowest BCUT2D eigenvalue weighted by Crippen LogP contribution is -2.04. The first-order chi connectivity index (χ1) is 9.51. The van der Waals surface area contributed by atoms with Crippen LogP contribution < -0.4 is 5.32 Å². The summed E-state index contributed by atoms with van der Waals surface area (Å²) in [4.78, 5) is 18.7. The highest BCUT2D eigenvalue weighted by Gasteiger charge is 2.19. The minimum Gasteiger partial charge on any atom is -0.354 e. The number of anilines is 1. The Labute approximate surface area is 119 Å². The molecule has 0 amide bonds. The highest BCUT2D eigenvalue weighted by molar-refractivity contribution is 7.99. The minimum atomic E-state index is -0.485. The number of nitro groups is 1. The van der Waals surface area contributed by atoms with Crippen molar-refractivity contribution in [3.63, 3.8) is 0 Å². The highest BCUT2D eigenvalue weighted by atomic mass is 32.2. The Kier molecular flexibility index (Phi) is 4.18. The first kappa shape index (κ1) is 14.3. The van der Waals surface area contributed by atoms with Crippen molar-refractivity contribution in [2.45, 2.75) is 23.9 Å². The van der Waals surface area contributed by atoms with Crippen molar-refractivity contribution in [2.24, 2.45) is 7.05 Å². The lowest BCUT2D eigenvalue weighted by Gasteiger charge is -2.05. The Morgan fingerprint density at radius 1 is 1.55 bits per heavy atom. The molecule has 0 unspecified atom stereocenters. The molecule has 8 nitrogen and oxygen atoms in total. The normalized spacial score (nSPS) is 10.6. The molecule has 0 bridgehead atoms. The molecule has 2 aromatic heterocycles. The molecule has 0 radical (unpaired) electrons. The standard InChI is InChI=1S/C11H14N6O2S/c1-4-12-11-13-6-8(17(18)19)10(14-11)20-9-5-7(2)15-16(9)3/h5-6H,4H2,1-3H3,(H,12,13,14). The molecular weight excluding hydrogens is 280 g/mol. The number of hydrogen-bond donors (Lipinski definition) is 1. The number of nitrogens with one attached hydrogen (secondary N) is 1. The summed E-state index contributed by atoms with van der Waals surface area (Å²) in [6.07, 6.45) is 1.22. The topological polar surface area (TPSA) is 98.8 Å². The minimum absolute atomic E-state index is 0.115. The molecule has 0 aliphatic carbocycles. The first-order valence-corrected chi connectivity index (χ1v) is 6.76. The zero-order valence-corrected chi connectivity index (χ0v) is 12.1. The van der Waals surface area contributed by atoms with Gasteiger partial charge in [0.1, 0.15) is 11.2 Å². The second-order valence-corrected chi connectivity index (χ2v) is 5.03. The summed E-state index contributed by atoms with van der Waals surface area (Å²) in [5.74, 6) is 0.375. The fourth-order valence-corrected chi connectivity index (χ4v) is 2.55. The van der Waals surface area contributed by atoms with E-state index < -0.39 is 4.92 Å². The van der Waals surface area contributed by atoms with Crippen molar-refractivity contribution in [1.29, 1.82) is 0 Å². The lowest BCUT2D eigenvalue weighted by molar-refractivity contribution is -0.388. The number of nitrogens with zero attached hydrogens (tertiary/aromatic N) is 5. The van der Waals surface area contributed by atoms with Gasteiger partial charge in [0.25, 0.3) is 0 Å². The van der Waals surface area contributed by atoms with Gasteiger partial charge in [0.2, 0.25) is 5.95 Å². The van der Waals surface area contributed by atoms with E-state index in [1.807, 2.05) is 19.9 Å². The molecule has 0 aliphatic heterocycles. The fraction of sp³-hybridized carbons (Fsp3) is 0.364.